The number of rotatable bonds is 1. The van der Waals surface area contributed by atoms with Gasteiger partial charge in [0.1, 0.15) is 11.6 Å². The molecule has 0 radical (unpaired) electrons. The highest BCUT2D eigenvalue weighted by Crippen LogP contribution is 2.32. The highest BCUT2D eigenvalue weighted by Gasteiger charge is 2.14. The Morgan fingerprint density at radius 1 is 1.33 bits per heavy atom. The Bertz CT molecular complexity index is 739. The molecule has 0 saturated carbocycles. The number of aromatic nitrogens is 2. The number of nitrogen functional groups attached to an aromatic ring is 1. The minimum atomic E-state index is 0.0732. The fraction of sp³-hybridized carbons (Fsp3) is 0. The third kappa shape index (κ3) is 1.70. The minimum absolute atomic E-state index is 0.0732. The van der Waals surface area contributed by atoms with Gasteiger partial charge in [0.2, 0.25) is 5.89 Å². The number of para-hydroxylation sites is 1. The first-order valence-corrected chi connectivity index (χ1v) is 5.94. The van der Waals surface area contributed by atoms with Gasteiger partial charge in [-0.2, -0.15) is 0 Å². The molecule has 0 bridgehead atoms. The van der Waals surface area contributed by atoms with Crippen LogP contribution in [0.15, 0.2) is 39.4 Å². The highest BCUT2D eigenvalue weighted by molar-refractivity contribution is 9.10. The maximum absolute atomic E-state index is 9.68. The molecular weight excluding hydrogens is 298 g/mol. The molecule has 3 N–H and O–H groups in total. The largest absolute Gasteiger partial charge is 0.506 e. The van der Waals surface area contributed by atoms with E-state index in [2.05, 4.69) is 25.9 Å². The van der Waals surface area contributed by atoms with Crippen LogP contribution in [0.25, 0.3) is 22.6 Å². The molecule has 0 aliphatic rings. The van der Waals surface area contributed by atoms with Crippen LogP contribution >= 0.6 is 15.9 Å². The monoisotopic (exact) mass is 305 g/mol. The molecule has 6 heteroatoms. The number of nitrogens with zero attached hydrogens (tertiary/aromatic N) is 2. The van der Waals surface area contributed by atoms with Crippen molar-refractivity contribution in [3.05, 3.63) is 34.9 Å². The molecule has 90 valence electrons. The van der Waals surface area contributed by atoms with Crippen molar-refractivity contribution in [3.63, 3.8) is 0 Å². The SMILES string of the molecule is Nc1ncc(Br)cc1-c1nc2c(O)cccc2o1. The van der Waals surface area contributed by atoms with Crippen LogP contribution in [0.2, 0.25) is 0 Å². The summed E-state index contributed by atoms with van der Waals surface area (Å²) in [5.74, 6) is 0.728. The van der Waals surface area contributed by atoms with E-state index in [9.17, 15) is 5.11 Å². The molecule has 1 aromatic carbocycles. The van der Waals surface area contributed by atoms with Crippen molar-refractivity contribution in [2.75, 3.05) is 5.73 Å². The van der Waals surface area contributed by atoms with Crippen molar-refractivity contribution < 1.29 is 9.52 Å². The van der Waals surface area contributed by atoms with Gasteiger partial charge in [-0.25, -0.2) is 9.97 Å². The number of phenolic OH excluding ortho intramolecular Hbond substituents is 1. The molecule has 0 unspecified atom stereocenters. The van der Waals surface area contributed by atoms with E-state index in [0.717, 1.165) is 4.47 Å². The summed E-state index contributed by atoms with van der Waals surface area (Å²) in [6, 6.07) is 6.74. The van der Waals surface area contributed by atoms with E-state index in [4.69, 9.17) is 10.2 Å². The van der Waals surface area contributed by atoms with Gasteiger partial charge in [-0.1, -0.05) is 6.07 Å². The zero-order valence-corrected chi connectivity index (χ0v) is 10.7. The van der Waals surface area contributed by atoms with Crippen molar-refractivity contribution >= 4 is 32.8 Å². The van der Waals surface area contributed by atoms with Gasteiger partial charge >= 0.3 is 0 Å². The number of benzene rings is 1. The topological polar surface area (TPSA) is 85.2 Å². The van der Waals surface area contributed by atoms with Crippen molar-refractivity contribution in [2.45, 2.75) is 0 Å². The Morgan fingerprint density at radius 3 is 2.94 bits per heavy atom. The van der Waals surface area contributed by atoms with E-state index in [1.807, 2.05) is 0 Å². The summed E-state index contributed by atoms with van der Waals surface area (Å²) in [6.45, 7) is 0. The Morgan fingerprint density at radius 2 is 2.17 bits per heavy atom. The predicted molar refractivity (Wildman–Crippen MR) is 71.0 cm³/mol. The van der Waals surface area contributed by atoms with Gasteiger partial charge in [-0.05, 0) is 34.1 Å². The molecule has 0 aliphatic carbocycles. The smallest absolute Gasteiger partial charge is 0.231 e. The lowest BCUT2D eigenvalue weighted by molar-refractivity contribution is 0.480. The molecule has 3 aromatic rings. The average molecular weight is 306 g/mol. The third-order valence-corrected chi connectivity index (χ3v) is 2.95. The van der Waals surface area contributed by atoms with Gasteiger partial charge in [-0.15, -0.1) is 0 Å². The standard InChI is InChI=1S/C12H8BrN3O2/c13-6-4-7(11(14)15-5-6)12-16-10-8(17)2-1-3-9(10)18-12/h1-5,17H,(H2,14,15). The molecule has 0 saturated heterocycles. The number of oxazole rings is 1. The number of halogens is 1. The number of fused-ring (bicyclic) bond motifs is 1. The van der Waals surface area contributed by atoms with E-state index in [0.29, 0.717) is 28.4 Å². The molecular formula is C12H8BrN3O2. The fourth-order valence-corrected chi connectivity index (χ4v) is 2.00. The van der Waals surface area contributed by atoms with Crippen LogP contribution in [0.3, 0.4) is 0 Å². The highest BCUT2D eigenvalue weighted by atomic mass is 79.9. The summed E-state index contributed by atoms with van der Waals surface area (Å²) < 4.78 is 6.33. The van der Waals surface area contributed by atoms with Crippen molar-refractivity contribution in [2.24, 2.45) is 0 Å². The fourth-order valence-electron chi connectivity index (χ4n) is 1.67. The summed E-state index contributed by atoms with van der Waals surface area (Å²) in [4.78, 5) is 8.24. The molecule has 0 spiro atoms. The molecule has 0 amide bonds. The summed E-state index contributed by atoms with van der Waals surface area (Å²) in [5, 5.41) is 9.68. The maximum atomic E-state index is 9.68. The van der Waals surface area contributed by atoms with Crippen LogP contribution in [-0.4, -0.2) is 15.1 Å². The van der Waals surface area contributed by atoms with Gasteiger partial charge in [0.25, 0.3) is 0 Å². The van der Waals surface area contributed by atoms with Gasteiger partial charge < -0.3 is 15.3 Å². The van der Waals surface area contributed by atoms with Crippen LogP contribution in [-0.2, 0) is 0 Å². The number of anilines is 1. The normalized spacial score (nSPS) is 10.9. The summed E-state index contributed by atoms with van der Waals surface area (Å²) in [7, 11) is 0. The average Bonchev–Trinajstić information content (AvgIpc) is 2.77. The number of aromatic hydroxyl groups is 1. The van der Waals surface area contributed by atoms with Gasteiger partial charge in [0.15, 0.2) is 11.1 Å². The second kappa shape index (κ2) is 3.99. The van der Waals surface area contributed by atoms with Gasteiger partial charge in [0, 0.05) is 10.7 Å². The van der Waals surface area contributed by atoms with Gasteiger partial charge in [0.05, 0.1) is 5.56 Å². The van der Waals surface area contributed by atoms with Crippen molar-refractivity contribution in [1.82, 2.24) is 9.97 Å². The van der Waals surface area contributed by atoms with Crippen molar-refractivity contribution in [3.8, 4) is 17.2 Å². The second-order valence-corrected chi connectivity index (χ2v) is 4.64. The lowest BCUT2D eigenvalue weighted by atomic mass is 10.2. The number of pyridine rings is 1. The Hall–Kier alpha value is -2.08. The molecule has 5 nitrogen and oxygen atoms in total. The zero-order valence-electron chi connectivity index (χ0n) is 9.09. The lowest BCUT2D eigenvalue weighted by Crippen LogP contribution is -1.93. The first-order chi connectivity index (χ1) is 8.65. The van der Waals surface area contributed by atoms with Crippen LogP contribution in [0.1, 0.15) is 0 Å². The van der Waals surface area contributed by atoms with E-state index >= 15 is 0 Å². The van der Waals surface area contributed by atoms with Crippen LogP contribution in [0.4, 0.5) is 5.82 Å². The van der Waals surface area contributed by atoms with E-state index < -0.39 is 0 Å². The van der Waals surface area contributed by atoms with E-state index in [1.54, 1.807) is 30.5 Å². The predicted octanol–water partition coefficient (Wildman–Crippen LogP) is 2.94. The maximum Gasteiger partial charge on any atom is 0.231 e. The number of hydrogen-bond acceptors (Lipinski definition) is 5. The molecule has 0 aliphatic heterocycles. The van der Waals surface area contributed by atoms with E-state index in [1.165, 1.54) is 0 Å². The molecule has 2 aromatic heterocycles. The van der Waals surface area contributed by atoms with E-state index in [-0.39, 0.29) is 5.75 Å². The first kappa shape index (κ1) is 11.0. The lowest BCUT2D eigenvalue weighted by Gasteiger charge is -1.99. The molecule has 18 heavy (non-hydrogen) atoms. The Labute approximate surface area is 110 Å². The molecule has 0 atom stereocenters. The summed E-state index contributed by atoms with van der Waals surface area (Å²) >= 11 is 3.32. The molecule has 3 rings (SSSR count). The van der Waals surface area contributed by atoms with Crippen molar-refractivity contribution in [1.29, 1.82) is 0 Å². The van der Waals surface area contributed by atoms with Gasteiger partial charge in [-0.3, -0.25) is 0 Å². The first-order valence-electron chi connectivity index (χ1n) is 5.15. The molecule has 0 fully saturated rings. The summed E-state index contributed by atoms with van der Waals surface area (Å²) in [6.07, 6.45) is 1.60. The van der Waals surface area contributed by atoms with Crippen LogP contribution < -0.4 is 5.73 Å². The second-order valence-electron chi connectivity index (χ2n) is 3.73. The number of phenols is 1. The third-order valence-electron chi connectivity index (χ3n) is 2.51. The summed E-state index contributed by atoms with van der Waals surface area (Å²) in [5.41, 5.74) is 7.28. The number of hydrogen-bond donors (Lipinski definition) is 2. The Balaban J connectivity index is 2.26. The van der Waals surface area contributed by atoms with Crippen LogP contribution in [0, 0.1) is 0 Å². The molecule has 2 heterocycles. The van der Waals surface area contributed by atoms with Crippen LogP contribution in [0.5, 0.6) is 5.75 Å². The minimum Gasteiger partial charge on any atom is -0.506 e. The number of nitrogens with two attached hydrogens (primary N) is 1. The Kier molecular flexibility index (Phi) is 2.45. The quantitative estimate of drug-likeness (QED) is 0.722. The zero-order chi connectivity index (χ0) is 12.7.